The van der Waals surface area contributed by atoms with Gasteiger partial charge in [0.1, 0.15) is 17.7 Å². The van der Waals surface area contributed by atoms with Crippen molar-refractivity contribution in [2.45, 2.75) is 19.3 Å². The summed E-state index contributed by atoms with van der Waals surface area (Å²) >= 11 is 1.64. The zero-order valence-electron chi connectivity index (χ0n) is 25.0. The van der Waals surface area contributed by atoms with Crippen LogP contribution in [0.2, 0.25) is 0 Å². The molecule has 0 saturated carbocycles. The Morgan fingerprint density at radius 1 is 0.600 bits per heavy atom. The van der Waals surface area contributed by atoms with E-state index >= 15 is 0 Å². The molecular formula is C41H29N3S. The molecule has 3 nitrogen and oxygen atoms in total. The van der Waals surface area contributed by atoms with Crippen LogP contribution in [0.15, 0.2) is 139 Å². The van der Waals surface area contributed by atoms with Crippen LogP contribution in [0.3, 0.4) is 0 Å². The molecular weight excluding hydrogens is 567 g/mol. The lowest BCUT2D eigenvalue weighted by Crippen LogP contribution is -2.16. The fourth-order valence-corrected chi connectivity index (χ4v) is 7.52. The third-order valence-electron chi connectivity index (χ3n) is 8.60. The highest BCUT2D eigenvalue weighted by Gasteiger charge is 2.38. The fraction of sp³-hybridized carbons (Fsp3) is 0.0732. The summed E-state index contributed by atoms with van der Waals surface area (Å²) in [5, 5.41) is 18.5. The normalized spacial score (nSPS) is 12.4. The van der Waals surface area contributed by atoms with Crippen LogP contribution in [0.25, 0.3) is 38.8 Å². The van der Waals surface area contributed by atoms with E-state index in [9.17, 15) is 10.5 Å². The molecule has 0 spiro atoms. The van der Waals surface area contributed by atoms with Crippen molar-refractivity contribution in [1.29, 1.82) is 10.5 Å². The van der Waals surface area contributed by atoms with Crippen LogP contribution in [-0.4, -0.2) is 0 Å². The first-order valence-corrected chi connectivity index (χ1v) is 15.7. The highest BCUT2D eigenvalue weighted by molar-refractivity contribution is 7.16. The molecule has 0 atom stereocenters. The SMILES string of the molecule is CC1(C)c2cc(N(c3ccccc3)c3ccc(-c4ccc(-c5ccccc5)cc4)cc3)ccc2-c2sc(C=C(C#N)C#N)cc21. The van der Waals surface area contributed by atoms with Gasteiger partial charge >= 0.3 is 0 Å². The van der Waals surface area contributed by atoms with Gasteiger partial charge in [0.05, 0.1) is 0 Å². The van der Waals surface area contributed by atoms with Crippen molar-refractivity contribution in [1.82, 2.24) is 0 Å². The Bertz CT molecular complexity index is 2110. The van der Waals surface area contributed by atoms with E-state index in [4.69, 9.17) is 0 Å². The van der Waals surface area contributed by atoms with Crippen LogP contribution >= 0.6 is 11.3 Å². The minimum Gasteiger partial charge on any atom is -0.310 e. The van der Waals surface area contributed by atoms with Crippen LogP contribution < -0.4 is 4.90 Å². The van der Waals surface area contributed by atoms with Crippen LogP contribution in [-0.2, 0) is 5.41 Å². The number of rotatable bonds is 6. The molecule has 4 heteroatoms. The summed E-state index contributed by atoms with van der Waals surface area (Å²) in [6, 6.07) is 51.3. The van der Waals surface area contributed by atoms with E-state index in [1.165, 1.54) is 43.8 Å². The molecule has 0 radical (unpaired) electrons. The van der Waals surface area contributed by atoms with Gasteiger partial charge < -0.3 is 4.90 Å². The standard InChI is InChI=1S/C41H29N3S/c1-41(2)38-24-35(21-22-37(38)40-39(41)25-36(45-40)23-28(26-42)27-43)44(33-11-7-4-8-12-33)34-19-17-32(18-20-34)31-15-13-30(14-16-31)29-9-5-3-6-10-29/h3-25H,1-2H3. The molecule has 5 aromatic carbocycles. The summed E-state index contributed by atoms with van der Waals surface area (Å²) in [6.45, 7) is 4.50. The van der Waals surface area contributed by atoms with Gasteiger partial charge in [-0.15, -0.1) is 11.3 Å². The second-order valence-corrected chi connectivity index (χ2v) is 12.8. The summed E-state index contributed by atoms with van der Waals surface area (Å²) < 4.78 is 0. The first kappa shape index (κ1) is 28.1. The van der Waals surface area contributed by atoms with E-state index in [1.807, 2.05) is 24.3 Å². The van der Waals surface area contributed by atoms with Gasteiger partial charge in [-0.2, -0.15) is 10.5 Å². The first-order chi connectivity index (χ1) is 22.0. The number of para-hydroxylation sites is 1. The minimum absolute atomic E-state index is 0.122. The summed E-state index contributed by atoms with van der Waals surface area (Å²) in [5.74, 6) is 0. The van der Waals surface area contributed by atoms with E-state index in [0.29, 0.717) is 0 Å². The monoisotopic (exact) mass is 595 g/mol. The topological polar surface area (TPSA) is 50.8 Å². The Balaban J connectivity index is 1.24. The number of benzene rings is 5. The molecule has 0 saturated heterocycles. The van der Waals surface area contributed by atoms with Crippen LogP contribution in [0, 0.1) is 22.7 Å². The minimum atomic E-state index is -0.221. The van der Waals surface area contributed by atoms with E-state index in [0.717, 1.165) is 21.9 Å². The first-order valence-electron chi connectivity index (χ1n) is 14.9. The molecule has 1 aromatic heterocycles. The molecule has 0 amide bonds. The Kier molecular flexibility index (Phi) is 7.14. The second-order valence-electron chi connectivity index (χ2n) is 11.7. The van der Waals surface area contributed by atoms with Crippen molar-refractivity contribution in [2.24, 2.45) is 0 Å². The highest BCUT2D eigenvalue weighted by atomic mass is 32.1. The molecule has 1 heterocycles. The quantitative estimate of drug-likeness (QED) is 0.180. The third-order valence-corrected chi connectivity index (χ3v) is 9.71. The molecule has 1 aliphatic rings. The Morgan fingerprint density at radius 3 is 1.71 bits per heavy atom. The van der Waals surface area contributed by atoms with Crippen molar-refractivity contribution in [3.8, 4) is 44.8 Å². The summed E-state index contributed by atoms with van der Waals surface area (Å²) in [6.07, 6.45) is 1.69. The Hall–Kier alpha value is -5.68. The van der Waals surface area contributed by atoms with Gasteiger partial charge in [0.2, 0.25) is 0 Å². The predicted octanol–water partition coefficient (Wildman–Crippen LogP) is 11.3. The third kappa shape index (κ3) is 5.12. The predicted molar refractivity (Wildman–Crippen MR) is 187 cm³/mol. The van der Waals surface area contributed by atoms with Gasteiger partial charge in [0.25, 0.3) is 0 Å². The average Bonchev–Trinajstić information content (AvgIpc) is 3.61. The van der Waals surface area contributed by atoms with E-state index in [2.05, 4.69) is 140 Å². The molecule has 0 unspecified atom stereocenters. The number of thiophene rings is 1. The van der Waals surface area contributed by atoms with E-state index in [1.54, 1.807) is 17.4 Å². The van der Waals surface area contributed by atoms with Crippen molar-refractivity contribution in [3.63, 3.8) is 0 Å². The molecule has 7 rings (SSSR count). The van der Waals surface area contributed by atoms with Gasteiger partial charge in [-0.05, 0) is 87.5 Å². The summed E-state index contributed by atoms with van der Waals surface area (Å²) in [4.78, 5) is 4.45. The van der Waals surface area contributed by atoms with Crippen molar-refractivity contribution < 1.29 is 0 Å². The van der Waals surface area contributed by atoms with Crippen LogP contribution in [0.4, 0.5) is 17.1 Å². The van der Waals surface area contributed by atoms with Crippen molar-refractivity contribution >= 4 is 34.5 Å². The number of hydrogen-bond acceptors (Lipinski definition) is 4. The maximum Gasteiger partial charge on any atom is 0.131 e. The number of fused-ring (bicyclic) bond motifs is 3. The lowest BCUT2D eigenvalue weighted by atomic mass is 9.82. The smallest absolute Gasteiger partial charge is 0.131 e. The number of allylic oxidation sites excluding steroid dienone is 1. The summed E-state index contributed by atoms with van der Waals surface area (Å²) in [7, 11) is 0. The zero-order valence-corrected chi connectivity index (χ0v) is 25.8. The molecule has 0 fully saturated rings. The summed E-state index contributed by atoms with van der Waals surface area (Å²) in [5.41, 5.74) is 11.7. The van der Waals surface area contributed by atoms with E-state index in [-0.39, 0.29) is 11.0 Å². The number of nitrogens with zero attached hydrogens (tertiary/aromatic N) is 3. The fourth-order valence-electron chi connectivity index (χ4n) is 6.22. The van der Waals surface area contributed by atoms with Crippen LogP contribution in [0.5, 0.6) is 0 Å². The van der Waals surface area contributed by atoms with Gasteiger partial charge in [-0.25, -0.2) is 0 Å². The van der Waals surface area contributed by atoms with Crippen molar-refractivity contribution in [2.75, 3.05) is 4.90 Å². The number of anilines is 3. The average molecular weight is 596 g/mol. The molecule has 0 N–H and O–H groups in total. The molecule has 45 heavy (non-hydrogen) atoms. The van der Waals surface area contributed by atoms with Crippen molar-refractivity contribution in [3.05, 3.63) is 155 Å². The second kappa shape index (κ2) is 11.4. The molecule has 0 aliphatic heterocycles. The van der Waals surface area contributed by atoms with Crippen LogP contribution in [0.1, 0.15) is 29.9 Å². The highest BCUT2D eigenvalue weighted by Crippen LogP contribution is 2.54. The number of hydrogen-bond donors (Lipinski definition) is 0. The lowest BCUT2D eigenvalue weighted by Gasteiger charge is -2.28. The van der Waals surface area contributed by atoms with Gasteiger partial charge in [-0.1, -0.05) is 105 Å². The molecule has 1 aliphatic carbocycles. The molecule has 214 valence electrons. The van der Waals surface area contributed by atoms with Gasteiger partial charge in [-0.3, -0.25) is 0 Å². The van der Waals surface area contributed by atoms with E-state index < -0.39 is 0 Å². The lowest BCUT2D eigenvalue weighted by molar-refractivity contribution is 0.662. The maximum absolute atomic E-state index is 9.25. The van der Waals surface area contributed by atoms with Gasteiger partial charge in [0, 0.05) is 32.2 Å². The Labute approximate surface area is 268 Å². The largest absolute Gasteiger partial charge is 0.310 e. The Morgan fingerprint density at radius 2 is 1.11 bits per heavy atom. The molecule has 6 aromatic rings. The number of nitriles is 2. The van der Waals surface area contributed by atoms with Gasteiger partial charge in [0.15, 0.2) is 0 Å². The maximum atomic E-state index is 9.25. The molecule has 0 bridgehead atoms. The zero-order chi connectivity index (χ0) is 31.0.